The fourth-order valence-electron chi connectivity index (χ4n) is 2.40. The van der Waals surface area contributed by atoms with Gasteiger partial charge in [-0.15, -0.1) is 0 Å². The Morgan fingerprint density at radius 3 is 2.48 bits per heavy atom. The molecular formula is C19H25BrO2S. The molecule has 0 atom stereocenters. The summed E-state index contributed by atoms with van der Waals surface area (Å²) in [5.41, 5.74) is 0. The summed E-state index contributed by atoms with van der Waals surface area (Å²) in [5.74, 6) is 3.25. The van der Waals surface area contributed by atoms with E-state index in [4.69, 9.17) is 9.84 Å². The van der Waals surface area contributed by atoms with Gasteiger partial charge in [0.2, 0.25) is 0 Å². The molecule has 0 aliphatic rings. The van der Waals surface area contributed by atoms with Gasteiger partial charge in [0.15, 0.2) is 0 Å². The minimum atomic E-state index is 0.316. The Morgan fingerprint density at radius 2 is 1.61 bits per heavy atom. The van der Waals surface area contributed by atoms with Crippen LogP contribution in [-0.2, 0) is 0 Å². The summed E-state index contributed by atoms with van der Waals surface area (Å²) in [6.45, 7) is 1.11. The molecule has 0 aliphatic carbocycles. The zero-order valence-electron chi connectivity index (χ0n) is 13.5. The Labute approximate surface area is 151 Å². The van der Waals surface area contributed by atoms with Gasteiger partial charge in [-0.25, -0.2) is 0 Å². The van der Waals surface area contributed by atoms with Crippen molar-refractivity contribution in [2.24, 2.45) is 0 Å². The minimum Gasteiger partial charge on any atom is -0.494 e. The molecule has 0 saturated heterocycles. The van der Waals surface area contributed by atoms with Crippen LogP contribution in [0.2, 0.25) is 0 Å². The van der Waals surface area contributed by atoms with E-state index in [2.05, 4.69) is 46.3 Å². The van der Waals surface area contributed by atoms with Crippen molar-refractivity contribution in [2.75, 3.05) is 24.7 Å². The van der Waals surface area contributed by atoms with Crippen LogP contribution in [0, 0.1) is 0 Å². The van der Waals surface area contributed by atoms with E-state index in [9.17, 15) is 0 Å². The molecule has 0 aromatic heterocycles. The molecule has 23 heavy (non-hydrogen) atoms. The number of ether oxygens (including phenoxy) is 1. The van der Waals surface area contributed by atoms with Gasteiger partial charge in [0.25, 0.3) is 0 Å². The fourth-order valence-corrected chi connectivity index (χ4v) is 3.73. The number of hydrogen-bond acceptors (Lipinski definition) is 3. The molecule has 2 aromatic carbocycles. The second-order valence-electron chi connectivity index (χ2n) is 5.61. The van der Waals surface area contributed by atoms with Gasteiger partial charge in [-0.05, 0) is 65.8 Å². The number of fused-ring (bicyclic) bond motifs is 1. The summed E-state index contributed by atoms with van der Waals surface area (Å²) in [5, 5.41) is 11.1. The first-order valence-electron chi connectivity index (χ1n) is 8.30. The number of thioether (sulfide) groups is 1. The Morgan fingerprint density at radius 1 is 0.870 bits per heavy atom. The number of hydrogen-bond donors (Lipinski definition) is 1. The molecule has 2 rings (SSSR count). The van der Waals surface area contributed by atoms with Crippen molar-refractivity contribution >= 4 is 38.5 Å². The third-order valence-corrected chi connectivity index (χ3v) is 5.32. The minimum absolute atomic E-state index is 0.316. The van der Waals surface area contributed by atoms with Crippen LogP contribution >= 0.6 is 27.7 Å². The molecule has 4 heteroatoms. The summed E-state index contributed by atoms with van der Waals surface area (Å²) in [7, 11) is 0. The normalized spacial score (nSPS) is 11.0. The van der Waals surface area contributed by atoms with Crippen LogP contribution in [0.15, 0.2) is 40.9 Å². The molecule has 126 valence electrons. The Hall–Kier alpha value is -0.710. The van der Waals surface area contributed by atoms with E-state index >= 15 is 0 Å². The predicted molar refractivity (Wildman–Crippen MR) is 105 cm³/mol. The third kappa shape index (κ3) is 7.15. The number of unbranched alkanes of at least 4 members (excludes halogenated alkanes) is 3. The van der Waals surface area contributed by atoms with Gasteiger partial charge in [-0.2, -0.15) is 11.8 Å². The number of halogens is 1. The summed E-state index contributed by atoms with van der Waals surface area (Å²) in [6, 6.07) is 12.6. The summed E-state index contributed by atoms with van der Waals surface area (Å²) in [6.07, 6.45) is 5.78. The fraction of sp³-hybridized carbons (Fsp3) is 0.474. The Kier molecular flexibility index (Phi) is 8.87. The monoisotopic (exact) mass is 396 g/mol. The largest absolute Gasteiger partial charge is 0.494 e. The molecule has 2 nitrogen and oxygen atoms in total. The molecule has 0 unspecified atom stereocenters. The van der Waals surface area contributed by atoms with Crippen LogP contribution in [0.4, 0.5) is 0 Å². The molecule has 0 radical (unpaired) electrons. The van der Waals surface area contributed by atoms with Crippen LogP contribution in [-0.4, -0.2) is 29.8 Å². The average Bonchev–Trinajstić information content (AvgIpc) is 2.56. The van der Waals surface area contributed by atoms with Gasteiger partial charge in [0.05, 0.1) is 6.61 Å². The average molecular weight is 397 g/mol. The molecule has 0 heterocycles. The lowest BCUT2D eigenvalue weighted by atomic mass is 10.1. The molecule has 0 fully saturated rings. The SMILES string of the molecule is OCCCSCCCCCCOc1ccc2cc(Br)ccc2c1. The van der Waals surface area contributed by atoms with Crippen LogP contribution in [0.25, 0.3) is 10.8 Å². The van der Waals surface area contributed by atoms with Gasteiger partial charge in [0, 0.05) is 11.1 Å². The number of rotatable bonds is 11. The second kappa shape index (κ2) is 11.0. The highest BCUT2D eigenvalue weighted by molar-refractivity contribution is 9.10. The van der Waals surface area contributed by atoms with Crippen LogP contribution in [0.3, 0.4) is 0 Å². The summed E-state index contributed by atoms with van der Waals surface area (Å²) >= 11 is 5.44. The highest BCUT2D eigenvalue weighted by atomic mass is 79.9. The van der Waals surface area contributed by atoms with E-state index in [0.717, 1.165) is 35.4 Å². The molecule has 0 bridgehead atoms. The van der Waals surface area contributed by atoms with E-state index < -0.39 is 0 Å². The highest BCUT2D eigenvalue weighted by Crippen LogP contribution is 2.24. The highest BCUT2D eigenvalue weighted by Gasteiger charge is 1.99. The zero-order chi connectivity index (χ0) is 16.3. The van der Waals surface area contributed by atoms with Crippen molar-refractivity contribution in [3.8, 4) is 5.75 Å². The lowest BCUT2D eigenvalue weighted by molar-refractivity contribution is 0.296. The van der Waals surface area contributed by atoms with Crippen LogP contribution < -0.4 is 4.74 Å². The topological polar surface area (TPSA) is 29.5 Å². The third-order valence-electron chi connectivity index (χ3n) is 3.67. The van der Waals surface area contributed by atoms with Crippen LogP contribution in [0.1, 0.15) is 32.1 Å². The van der Waals surface area contributed by atoms with Gasteiger partial charge in [-0.3, -0.25) is 0 Å². The first-order chi connectivity index (χ1) is 11.3. The van der Waals surface area contributed by atoms with E-state index in [1.165, 1.54) is 35.8 Å². The standard InChI is InChI=1S/C19H25BrO2S/c20-18-8-6-17-15-19(9-7-16(17)14-18)22-11-3-1-2-4-12-23-13-5-10-21/h6-9,14-15,21H,1-5,10-13H2. The first kappa shape index (κ1) is 18.6. The number of aliphatic hydroxyl groups is 1. The van der Waals surface area contributed by atoms with E-state index in [1.807, 2.05) is 17.8 Å². The molecular weight excluding hydrogens is 372 g/mol. The maximum Gasteiger partial charge on any atom is 0.119 e. The number of aliphatic hydroxyl groups excluding tert-OH is 1. The van der Waals surface area contributed by atoms with Gasteiger partial charge in [-0.1, -0.05) is 40.9 Å². The Bertz CT molecular complexity index is 589. The maximum atomic E-state index is 8.70. The Balaban J connectivity index is 1.58. The van der Waals surface area contributed by atoms with E-state index in [1.54, 1.807) is 0 Å². The van der Waals surface area contributed by atoms with Gasteiger partial charge in [0.1, 0.15) is 5.75 Å². The van der Waals surface area contributed by atoms with Gasteiger partial charge < -0.3 is 9.84 Å². The van der Waals surface area contributed by atoms with Gasteiger partial charge >= 0.3 is 0 Å². The van der Waals surface area contributed by atoms with Crippen molar-refractivity contribution in [3.63, 3.8) is 0 Å². The first-order valence-corrected chi connectivity index (χ1v) is 10.2. The molecule has 0 spiro atoms. The smallest absolute Gasteiger partial charge is 0.119 e. The van der Waals surface area contributed by atoms with Crippen molar-refractivity contribution in [1.29, 1.82) is 0 Å². The summed E-state index contributed by atoms with van der Waals surface area (Å²) in [4.78, 5) is 0. The lowest BCUT2D eigenvalue weighted by Gasteiger charge is -2.08. The molecule has 1 N–H and O–H groups in total. The quantitative estimate of drug-likeness (QED) is 0.497. The molecule has 0 saturated carbocycles. The van der Waals surface area contributed by atoms with Crippen molar-refractivity contribution in [1.82, 2.24) is 0 Å². The van der Waals surface area contributed by atoms with Crippen molar-refractivity contribution in [2.45, 2.75) is 32.1 Å². The van der Waals surface area contributed by atoms with Crippen molar-refractivity contribution in [3.05, 3.63) is 40.9 Å². The molecule has 0 amide bonds. The van der Waals surface area contributed by atoms with E-state index in [0.29, 0.717) is 6.61 Å². The summed E-state index contributed by atoms with van der Waals surface area (Å²) < 4.78 is 6.96. The maximum absolute atomic E-state index is 8.70. The second-order valence-corrected chi connectivity index (χ2v) is 7.75. The zero-order valence-corrected chi connectivity index (χ0v) is 15.9. The van der Waals surface area contributed by atoms with Crippen LogP contribution in [0.5, 0.6) is 5.75 Å². The van der Waals surface area contributed by atoms with Crippen molar-refractivity contribution < 1.29 is 9.84 Å². The lowest BCUT2D eigenvalue weighted by Crippen LogP contribution is -1.97. The number of benzene rings is 2. The predicted octanol–water partition coefficient (Wildman–Crippen LogP) is 5.66. The molecule has 2 aromatic rings. The van der Waals surface area contributed by atoms with E-state index in [-0.39, 0.29) is 0 Å². The molecule has 0 aliphatic heterocycles.